The lowest BCUT2D eigenvalue weighted by molar-refractivity contribution is -0.151. The number of esters is 1. The summed E-state index contributed by atoms with van der Waals surface area (Å²) in [5.41, 5.74) is 0.857. The van der Waals surface area contributed by atoms with Crippen molar-refractivity contribution in [1.29, 1.82) is 0 Å². The second-order valence-corrected chi connectivity index (χ2v) is 5.29. The predicted molar refractivity (Wildman–Crippen MR) is 86.8 cm³/mol. The monoisotopic (exact) mass is 320 g/mol. The van der Waals surface area contributed by atoms with Gasteiger partial charge < -0.3 is 10.1 Å². The number of carbonyl (C=O) groups is 3. The number of rotatable bonds is 7. The highest BCUT2D eigenvalue weighted by molar-refractivity contribution is 5.95. The third-order valence-corrected chi connectivity index (χ3v) is 3.56. The van der Waals surface area contributed by atoms with Crippen molar-refractivity contribution in [2.24, 2.45) is 5.92 Å². The van der Waals surface area contributed by atoms with Crippen molar-refractivity contribution in [3.8, 4) is 0 Å². The number of amides is 3. The van der Waals surface area contributed by atoms with Crippen LogP contribution in [0, 0.1) is 5.92 Å². The van der Waals surface area contributed by atoms with Gasteiger partial charge >= 0.3 is 12.0 Å². The van der Waals surface area contributed by atoms with Gasteiger partial charge in [0.05, 0.1) is 5.92 Å². The second-order valence-electron chi connectivity index (χ2n) is 5.29. The van der Waals surface area contributed by atoms with Crippen molar-refractivity contribution in [2.75, 3.05) is 13.2 Å². The Morgan fingerprint density at radius 3 is 2.35 bits per heavy atom. The van der Waals surface area contributed by atoms with E-state index in [1.165, 1.54) is 0 Å². The highest BCUT2D eigenvalue weighted by Gasteiger charge is 2.27. The molecule has 0 heterocycles. The molecule has 0 aliphatic carbocycles. The van der Waals surface area contributed by atoms with E-state index in [1.807, 2.05) is 44.2 Å². The van der Waals surface area contributed by atoms with Gasteiger partial charge in [-0.2, -0.15) is 0 Å². The molecule has 0 saturated heterocycles. The molecule has 0 aromatic heterocycles. The van der Waals surface area contributed by atoms with Gasteiger partial charge in [-0.1, -0.05) is 50.6 Å². The molecule has 126 valence electrons. The van der Waals surface area contributed by atoms with Crippen molar-refractivity contribution < 1.29 is 19.1 Å². The second kappa shape index (κ2) is 9.61. The van der Waals surface area contributed by atoms with Crippen LogP contribution < -0.4 is 10.6 Å². The molecule has 0 saturated carbocycles. The molecule has 0 aliphatic heterocycles. The molecule has 6 heteroatoms. The fourth-order valence-corrected chi connectivity index (χ4v) is 2.19. The zero-order valence-corrected chi connectivity index (χ0v) is 13.8. The number of hydrogen-bond donors (Lipinski definition) is 2. The summed E-state index contributed by atoms with van der Waals surface area (Å²) in [6, 6.07) is 8.73. The average Bonchev–Trinajstić information content (AvgIpc) is 2.54. The summed E-state index contributed by atoms with van der Waals surface area (Å²) in [6.07, 6.45) is 0.805. The molecule has 2 N–H and O–H groups in total. The molecule has 23 heavy (non-hydrogen) atoms. The lowest BCUT2D eigenvalue weighted by Gasteiger charge is -2.21. The predicted octanol–water partition coefficient (Wildman–Crippen LogP) is 2.21. The molecule has 0 radical (unpaired) electrons. The van der Waals surface area contributed by atoms with Crippen molar-refractivity contribution in [3.63, 3.8) is 0 Å². The molecule has 1 aromatic rings. The maximum Gasteiger partial charge on any atom is 0.321 e. The first-order valence-corrected chi connectivity index (χ1v) is 7.78. The van der Waals surface area contributed by atoms with E-state index in [0.717, 1.165) is 12.0 Å². The van der Waals surface area contributed by atoms with E-state index in [9.17, 15) is 14.4 Å². The summed E-state index contributed by atoms with van der Waals surface area (Å²) < 4.78 is 5.09. The van der Waals surface area contributed by atoms with Gasteiger partial charge in [0.15, 0.2) is 6.61 Å². The summed E-state index contributed by atoms with van der Waals surface area (Å²) >= 11 is 0. The van der Waals surface area contributed by atoms with Crippen LogP contribution in [-0.4, -0.2) is 31.1 Å². The lowest BCUT2D eigenvalue weighted by atomic mass is 9.86. The smallest absolute Gasteiger partial charge is 0.321 e. The fraction of sp³-hybridized carbons (Fsp3) is 0.471. The SMILES string of the molecule is CCNC(=O)NC(=O)COC(=O)C(c1ccccc1)C(C)CC. The minimum Gasteiger partial charge on any atom is -0.455 e. The van der Waals surface area contributed by atoms with Crippen LogP contribution in [0.25, 0.3) is 0 Å². The van der Waals surface area contributed by atoms with Crippen LogP contribution in [0.5, 0.6) is 0 Å². The molecular formula is C17H24N2O4. The molecule has 0 fully saturated rings. The zero-order chi connectivity index (χ0) is 17.2. The first kappa shape index (κ1) is 18.7. The van der Waals surface area contributed by atoms with Gasteiger partial charge in [0, 0.05) is 6.54 Å². The maximum absolute atomic E-state index is 12.4. The van der Waals surface area contributed by atoms with E-state index >= 15 is 0 Å². The summed E-state index contributed by atoms with van der Waals surface area (Å²) in [4.78, 5) is 35.2. The highest BCUT2D eigenvalue weighted by Crippen LogP contribution is 2.28. The third kappa shape index (κ3) is 6.10. The number of nitrogens with one attached hydrogen (secondary N) is 2. The van der Waals surface area contributed by atoms with Gasteiger partial charge in [0.2, 0.25) is 0 Å². The third-order valence-electron chi connectivity index (χ3n) is 3.56. The van der Waals surface area contributed by atoms with E-state index in [-0.39, 0.29) is 5.92 Å². The largest absolute Gasteiger partial charge is 0.455 e. The Morgan fingerprint density at radius 2 is 1.78 bits per heavy atom. The molecule has 3 amide bonds. The Morgan fingerprint density at radius 1 is 1.13 bits per heavy atom. The number of imide groups is 1. The van der Waals surface area contributed by atoms with E-state index in [4.69, 9.17) is 4.74 Å². The zero-order valence-electron chi connectivity index (χ0n) is 13.8. The standard InChI is InChI=1S/C17H24N2O4/c1-4-12(3)15(13-9-7-6-8-10-13)16(21)23-11-14(20)19-17(22)18-5-2/h6-10,12,15H,4-5,11H2,1-3H3,(H2,18,19,20,22). The number of hydrogen-bond acceptors (Lipinski definition) is 4. The Balaban J connectivity index is 2.65. The van der Waals surface area contributed by atoms with Crippen molar-refractivity contribution in [3.05, 3.63) is 35.9 Å². The lowest BCUT2D eigenvalue weighted by Crippen LogP contribution is -2.41. The molecule has 2 atom stereocenters. The van der Waals surface area contributed by atoms with Gasteiger partial charge in [-0.05, 0) is 18.4 Å². The van der Waals surface area contributed by atoms with Crippen LogP contribution in [0.2, 0.25) is 0 Å². The first-order chi connectivity index (χ1) is 11.0. The van der Waals surface area contributed by atoms with E-state index in [1.54, 1.807) is 6.92 Å². The van der Waals surface area contributed by atoms with Crippen LogP contribution in [0.4, 0.5) is 4.79 Å². The van der Waals surface area contributed by atoms with Crippen molar-refractivity contribution in [1.82, 2.24) is 10.6 Å². The molecular weight excluding hydrogens is 296 g/mol. The normalized spacial score (nSPS) is 12.8. The van der Waals surface area contributed by atoms with Gasteiger partial charge in [-0.3, -0.25) is 14.9 Å². The Kier molecular flexibility index (Phi) is 7.80. The fourth-order valence-electron chi connectivity index (χ4n) is 2.19. The van der Waals surface area contributed by atoms with Crippen LogP contribution >= 0.6 is 0 Å². The van der Waals surface area contributed by atoms with E-state index < -0.39 is 30.4 Å². The number of benzene rings is 1. The minimum absolute atomic E-state index is 0.0800. The Bertz CT molecular complexity index is 531. The van der Waals surface area contributed by atoms with Crippen molar-refractivity contribution >= 4 is 17.9 Å². The van der Waals surface area contributed by atoms with Crippen LogP contribution in [-0.2, 0) is 14.3 Å². The van der Waals surface area contributed by atoms with Gasteiger partial charge in [-0.25, -0.2) is 4.79 Å². The van der Waals surface area contributed by atoms with Crippen LogP contribution in [0.3, 0.4) is 0 Å². The summed E-state index contributed by atoms with van der Waals surface area (Å²) in [5.74, 6) is -1.47. The summed E-state index contributed by atoms with van der Waals surface area (Å²) in [7, 11) is 0. The molecule has 1 rings (SSSR count). The van der Waals surface area contributed by atoms with Crippen LogP contribution in [0.1, 0.15) is 38.7 Å². The molecule has 0 aliphatic rings. The van der Waals surface area contributed by atoms with E-state index in [0.29, 0.717) is 6.54 Å². The Hall–Kier alpha value is -2.37. The quantitative estimate of drug-likeness (QED) is 0.754. The number of carbonyl (C=O) groups excluding carboxylic acids is 3. The van der Waals surface area contributed by atoms with Crippen molar-refractivity contribution in [2.45, 2.75) is 33.1 Å². The maximum atomic E-state index is 12.4. The molecule has 2 unspecified atom stereocenters. The molecule has 1 aromatic carbocycles. The van der Waals surface area contributed by atoms with Crippen LogP contribution in [0.15, 0.2) is 30.3 Å². The molecule has 6 nitrogen and oxygen atoms in total. The summed E-state index contributed by atoms with van der Waals surface area (Å²) in [5, 5.41) is 4.52. The molecule has 0 bridgehead atoms. The average molecular weight is 320 g/mol. The van der Waals surface area contributed by atoms with Gasteiger partial charge in [0.1, 0.15) is 0 Å². The Labute approximate surface area is 136 Å². The number of urea groups is 1. The molecule has 0 spiro atoms. The summed E-state index contributed by atoms with van der Waals surface area (Å²) in [6.45, 7) is 5.63. The van der Waals surface area contributed by atoms with E-state index in [2.05, 4.69) is 10.6 Å². The van der Waals surface area contributed by atoms with Gasteiger partial charge in [0.25, 0.3) is 5.91 Å². The number of ether oxygens (including phenoxy) is 1. The first-order valence-electron chi connectivity index (χ1n) is 7.78. The van der Waals surface area contributed by atoms with Gasteiger partial charge in [-0.15, -0.1) is 0 Å². The highest BCUT2D eigenvalue weighted by atomic mass is 16.5. The topological polar surface area (TPSA) is 84.5 Å². The minimum atomic E-state index is -0.653.